The number of hydrogen-bond donors (Lipinski definition) is 1. The van der Waals surface area contributed by atoms with Gasteiger partial charge in [-0.3, -0.25) is 9.69 Å². The number of tetrazole rings is 1. The third-order valence-electron chi connectivity index (χ3n) is 7.23. The van der Waals surface area contributed by atoms with Gasteiger partial charge in [-0.25, -0.2) is 9.07 Å². The zero-order chi connectivity index (χ0) is 26.8. The van der Waals surface area contributed by atoms with E-state index in [2.05, 4.69) is 36.9 Å². The molecule has 0 amide bonds. The first-order valence-electron chi connectivity index (χ1n) is 13.1. The first kappa shape index (κ1) is 25.5. The Morgan fingerprint density at radius 1 is 1.21 bits per heavy atom. The predicted molar refractivity (Wildman–Crippen MR) is 148 cm³/mol. The molecule has 5 aromatic rings. The summed E-state index contributed by atoms with van der Waals surface area (Å²) in [5, 5.41) is 15.8. The van der Waals surface area contributed by atoms with Crippen LogP contribution in [0.3, 0.4) is 0 Å². The van der Waals surface area contributed by atoms with Crippen LogP contribution in [-0.4, -0.2) is 49.3 Å². The fraction of sp³-hybridized carbons (Fsp3) is 0.310. The summed E-state index contributed by atoms with van der Waals surface area (Å²) in [7, 11) is 0. The number of hydrogen-bond acceptors (Lipinski definition) is 7. The van der Waals surface area contributed by atoms with Crippen LogP contribution in [0.25, 0.3) is 10.9 Å². The highest BCUT2D eigenvalue weighted by molar-refractivity contribution is 7.09. The molecule has 1 aliphatic rings. The zero-order valence-electron chi connectivity index (χ0n) is 21.6. The van der Waals surface area contributed by atoms with E-state index in [4.69, 9.17) is 4.74 Å². The van der Waals surface area contributed by atoms with Crippen LogP contribution in [-0.2, 0) is 17.8 Å². The van der Waals surface area contributed by atoms with Crippen molar-refractivity contribution >= 4 is 22.2 Å². The maximum absolute atomic E-state index is 13.7. The number of ether oxygens (including phenoxy) is 1. The van der Waals surface area contributed by atoms with Crippen molar-refractivity contribution < 1.29 is 9.13 Å². The predicted octanol–water partition coefficient (Wildman–Crippen LogP) is 4.84. The van der Waals surface area contributed by atoms with Gasteiger partial charge in [0, 0.05) is 30.1 Å². The summed E-state index contributed by atoms with van der Waals surface area (Å²) in [4.78, 5) is 20.3. The van der Waals surface area contributed by atoms with Crippen LogP contribution in [0.15, 0.2) is 70.8 Å². The number of benzene rings is 2. The van der Waals surface area contributed by atoms with Crippen LogP contribution in [0, 0.1) is 12.7 Å². The summed E-state index contributed by atoms with van der Waals surface area (Å²) < 4.78 is 21.3. The molecule has 200 valence electrons. The lowest BCUT2D eigenvalue weighted by molar-refractivity contribution is 0.0578. The lowest BCUT2D eigenvalue weighted by atomic mass is 10.0. The Bertz CT molecular complexity index is 1610. The van der Waals surface area contributed by atoms with Crippen molar-refractivity contribution in [2.45, 2.75) is 45.0 Å². The highest BCUT2D eigenvalue weighted by Crippen LogP contribution is 2.31. The molecule has 3 aromatic heterocycles. The van der Waals surface area contributed by atoms with E-state index in [1.807, 2.05) is 37.3 Å². The molecule has 6 rings (SSSR count). The number of halogens is 1. The molecule has 4 heterocycles. The van der Waals surface area contributed by atoms with E-state index >= 15 is 0 Å². The van der Waals surface area contributed by atoms with Gasteiger partial charge in [0.25, 0.3) is 5.56 Å². The van der Waals surface area contributed by atoms with Gasteiger partial charge >= 0.3 is 0 Å². The van der Waals surface area contributed by atoms with E-state index in [0.29, 0.717) is 31.0 Å². The average Bonchev–Trinajstić information content (AvgIpc) is 3.71. The molecule has 2 aromatic carbocycles. The molecule has 8 nitrogen and oxygen atoms in total. The number of aromatic amines is 1. The van der Waals surface area contributed by atoms with Crippen molar-refractivity contribution in [3.8, 4) is 0 Å². The molecule has 2 atom stereocenters. The van der Waals surface area contributed by atoms with E-state index in [0.717, 1.165) is 41.5 Å². The molecule has 1 saturated heterocycles. The molecule has 0 aliphatic carbocycles. The summed E-state index contributed by atoms with van der Waals surface area (Å²) in [5.41, 5.74) is 3.07. The molecule has 0 unspecified atom stereocenters. The van der Waals surface area contributed by atoms with E-state index in [1.165, 1.54) is 17.0 Å². The van der Waals surface area contributed by atoms with Crippen molar-refractivity contribution in [3.63, 3.8) is 0 Å². The molecule has 0 saturated carbocycles. The molecule has 0 bridgehead atoms. The maximum atomic E-state index is 13.7. The van der Waals surface area contributed by atoms with Crippen LogP contribution in [0.5, 0.6) is 0 Å². The summed E-state index contributed by atoms with van der Waals surface area (Å²) in [6, 6.07) is 17.8. The standard InChI is InChI=1S/C29H29FN6O2S/c1-19-5-2-6-21-15-25(29(37)31-26(19)21)27(28-32-33-34-36(28)16-20-9-11-22(30)12-10-20)35(17-23-7-3-13-38-23)18-24-8-4-14-39-24/h2,4-6,8-12,14-15,23,27H,3,7,13,16-18H2,1H3,(H,31,37)/t23-,27-/m1/s1. The Hall–Kier alpha value is -3.73. The number of pyridine rings is 1. The molecular formula is C29H29FN6O2S. The van der Waals surface area contributed by atoms with Crippen molar-refractivity contribution in [1.29, 1.82) is 0 Å². The quantitative estimate of drug-likeness (QED) is 0.286. The number of para-hydroxylation sites is 1. The lowest BCUT2D eigenvalue weighted by Crippen LogP contribution is -2.39. The number of aryl methyl sites for hydroxylation is 1. The van der Waals surface area contributed by atoms with Crippen molar-refractivity contribution in [3.05, 3.63) is 110 Å². The van der Waals surface area contributed by atoms with Gasteiger partial charge in [0.1, 0.15) is 11.9 Å². The SMILES string of the molecule is Cc1cccc2cc([C@H](c3nnnn3Cc3ccc(F)cc3)N(Cc3cccs3)C[C@H]3CCCO3)c(=O)[nH]c12. The van der Waals surface area contributed by atoms with Crippen LogP contribution >= 0.6 is 11.3 Å². The number of thiophene rings is 1. The molecule has 1 N–H and O–H groups in total. The second-order valence-electron chi connectivity index (χ2n) is 9.96. The Kier molecular flexibility index (Phi) is 7.32. The minimum atomic E-state index is -0.541. The molecule has 1 fully saturated rings. The van der Waals surface area contributed by atoms with Crippen molar-refractivity contribution in [2.24, 2.45) is 0 Å². The Morgan fingerprint density at radius 3 is 2.85 bits per heavy atom. The lowest BCUT2D eigenvalue weighted by Gasteiger charge is -2.32. The largest absolute Gasteiger partial charge is 0.377 e. The summed E-state index contributed by atoms with van der Waals surface area (Å²) in [6.45, 7) is 4.30. The van der Waals surface area contributed by atoms with Gasteiger partial charge in [-0.05, 0) is 76.4 Å². The number of H-pyrrole nitrogens is 1. The van der Waals surface area contributed by atoms with E-state index in [1.54, 1.807) is 28.2 Å². The zero-order valence-corrected chi connectivity index (χ0v) is 22.4. The first-order valence-corrected chi connectivity index (χ1v) is 13.9. The summed E-state index contributed by atoms with van der Waals surface area (Å²) in [6.07, 6.45) is 2.03. The second kappa shape index (κ2) is 11.2. The van der Waals surface area contributed by atoms with Crippen LogP contribution < -0.4 is 5.56 Å². The topological polar surface area (TPSA) is 88.9 Å². The molecule has 1 aliphatic heterocycles. The monoisotopic (exact) mass is 544 g/mol. The van der Waals surface area contributed by atoms with Gasteiger partial charge < -0.3 is 9.72 Å². The van der Waals surface area contributed by atoms with Crippen LogP contribution in [0.4, 0.5) is 4.39 Å². The van der Waals surface area contributed by atoms with Crippen LogP contribution in [0.1, 0.15) is 46.3 Å². The summed E-state index contributed by atoms with van der Waals surface area (Å²) in [5.74, 6) is 0.247. The number of nitrogens with one attached hydrogen (secondary N) is 1. The Balaban J connectivity index is 1.49. The number of fused-ring (bicyclic) bond motifs is 1. The minimum absolute atomic E-state index is 0.0515. The highest BCUT2D eigenvalue weighted by Gasteiger charge is 2.33. The average molecular weight is 545 g/mol. The van der Waals surface area contributed by atoms with Gasteiger partial charge in [0.15, 0.2) is 5.82 Å². The number of aromatic nitrogens is 5. The molecule has 0 radical (unpaired) electrons. The Morgan fingerprint density at radius 2 is 2.08 bits per heavy atom. The van der Waals surface area contributed by atoms with E-state index in [-0.39, 0.29) is 17.5 Å². The van der Waals surface area contributed by atoms with E-state index < -0.39 is 6.04 Å². The van der Waals surface area contributed by atoms with Crippen molar-refractivity contribution in [2.75, 3.05) is 13.2 Å². The van der Waals surface area contributed by atoms with Gasteiger partial charge in [0.2, 0.25) is 0 Å². The number of nitrogens with zero attached hydrogens (tertiary/aromatic N) is 5. The third kappa shape index (κ3) is 5.54. The fourth-order valence-corrected chi connectivity index (χ4v) is 6.03. The fourth-order valence-electron chi connectivity index (χ4n) is 5.30. The molecular weight excluding hydrogens is 515 g/mol. The summed E-state index contributed by atoms with van der Waals surface area (Å²) >= 11 is 1.67. The van der Waals surface area contributed by atoms with Gasteiger partial charge in [-0.15, -0.1) is 16.4 Å². The molecule has 10 heteroatoms. The maximum Gasteiger partial charge on any atom is 0.253 e. The van der Waals surface area contributed by atoms with E-state index in [9.17, 15) is 9.18 Å². The normalized spacial score (nSPS) is 16.3. The first-order chi connectivity index (χ1) is 19.0. The third-order valence-corrected chi connectivity index (χ3v) is 8.09. The van der Waals surface area contributed by atoms with Crippen LogP contribution in [0.2, 0.25) is 0 Å². The smallest absolute Gasteiger partial charge is 0.253 e. The van der Waals surface area contributed by atoms with Gasteiger partial charge in [0.05, 0.1) is 18.2 Å². The van der Waals surface area contributed by atoms with Gasteiger partial charge in [-0.1, -0.05) is 36.4 Å². The highest BCUT2D eigenvalue weighted by atomic mass is 32.1. The Labute approximate surface area is 229 Å². The molecule has 0 spiro atoms. The minimum Gasteiger partial charge on any atom is -0.377 e. The van der Waals surface area contributed by atoms with Crippen molar-refractivity contribution in [1.82, 2.24) is 30.1 Å². The second-order valence-corrected chi connectivity index (χ2v) is 11.0. The number of rotatable bonds is 9. The molecule has 39 heavy (non-hydrogen) atoms. The van der Waals surface area contributed by atoms with Gasteiger partial charge in [-0.2, -0.15) is 0 Å².